The molecule has 16 heavy (non-hydrogen) atoms. The molecular formula is C12H11ClN2O. The molecule has 0 saturated heterocycles. The van der Waals surface area contributed by atoms with E-state index in [9.17, 15) is 0 Å². The van der Waals surface area contributed by atoms with Crippen molar-refractivity contribution in [2.24, 2.45) is 0 Å². The predicted molar refractivity (Wildman–Crippen MR) is 63.1 cm³/mol. The Morgan fingerprint density at radius 3 is 2.94 bits per heavy atom. The van der Waals surface area contributed by atoms with Gasteiger partial charge in [-0.3, -0.25) is 0 Å². The number of halogens is 1. The van der Waals surface area contributed by atoms with Crippen LogP contribution in [-0.4, -0.2) is 17.1 Å². The highest BCUT2D eigenvalue weighted by Crippen LogP contribution is 2.32. The molecule has 0 atom stereocenters. The van der Waals surface area contributed by atoms with Crippen LogP contribution in [-0.2, 0) is 18.7 Å². The fourth-order valence-electron chi connectivity index (χ4n) is 2.26. The van der Waals surface area contributed by atoms with E-state index in [2.05, 4.69) is 16.0 Å². The van der Waals surface area contributed by atoms with E-state index >= 15 is 0 Å². The van der Waals surface area contributed by atoms with Crippen LogP contribution in [0.3, 0.4) is 0 Å². The molecule has 1 aromatic carbocycles. The van der Waals surface area contributed by atoms with Crippen LogP contribution in [0.15, 0.2) is 12.1 Å². The molecular weight excluding hydrogens is 224 g/mol. The Bertz CT molecular complexity index is 522. The summed E-state index contributed by atoms with van der Waals surface area (Å²) in [5.41, 5.74) is 3.36. The van der Waals surface area contributed by atoms with Gasteiger partial charge in [0.25, 0.3) is 0 Å². The summed E-state index contributed by atoms with van der Waals surface area (Å²) in [7, 11) is 1.67. The summed E-state index contributed by atoms with van der Waals surface area (Å²) in [5.74, 6) is 1.91. The lowest BCUT2D eigenvalue weighted by molar-refractivity contribution is 0.415. The molecule has 0 fully saturated rings. The smallest absolute Gasteiger partial charge is 0.144 e. The molecule has 2 aromatic rings. The molecule has 0 bridgehead atoms. The zero-order chi connectivity index (χ0) is 11.1. The molecule has 82 valence electrons. The molecule has 0 radical (unpaired) electrons. The molecule has 0 amide bonds. The Balaban J connectivity index is 2.34. The first-order valence-corrected chi connectivity index (χ1v) is 5.77. The maximum Gasteiger partial charge on any atom is 0.144 e. The minimum absolute atomic E-state index is 0.357. The summed E-state index contributed by atoms with van der Waals surface area (Å²) >= 11 is 5.79. The van der Waals surface area contributed by atoms with E-state index in [0.29, 0.717) is 11.7 Å². The van der Waals surface area contributed by atoms with Gasteiger partial charge in [-0.25, -0.2) is 9.97 Å². The number of rotatable bonds is 2. The van der Waals surface area contributed by atoms with Gasteiger partial charge in [0.2, 0.25) is 0 Å². The van der Waals surface area contributed by atoms with Crippen molar-refractivity contribution in [3.63, 3.8) is 0 Å². The standard InChI is InChI=1S/C12H11ClN2O/c1-16-8-4-7-2-3-9-12(7)10(5-8)15-11(6-13)14-9/h4-5H,2-3,6H2,1H3. The van der Waals surface area contributed by atoms with E-state index < -0.39 is 0 Å². The molecule has 0 saturated carbocycles. The lowest BCUT2D eigenvalue weighted by Crippen LogP contribution is -1.96. The summed E-state index contributed by atoms with van der Waals surface area (Å²) < 4.78 is 5.27. The maximum atomic E-state index is 5.79. The van der Waals surface area contributed by atoms with Crippen molar-refractivity contribution in [3.05, 3.63) is 29.2 Å². The lowest BCUT2D eigenvalue weighted by Gasteiger charge is -2.06. The normalized spacial score (nSPS) is 13.4. The van der Waals surface area contributed by atoms with Gasteiger partial charge < -0.3 is 4.74 Å². The SMILES string of the molecule is COc1cc2c3c(nc(CCl)nc3c1)CC2. The number of benzene rings is 1. The van der Waals surface area contributed by atoms with E-state index in [0.717, 1.165) is 29.8 Å². The van der Waals surface area contributed by atoms with Gasteiger partial charge in [0.1, 0.15) is 11.6 Å². The van der Waals surface area contributed by atoms with Crippen LogP contribution < -0.4 is 4.74 Å². The van der Waals surface area contributed by atoms with Crippen LogP contribution in [0, 0.1) is 0 Å². The van der Waals surface area contributed by atoms with Gasteiger partial charge in [-0.1, -0.05) is 0 Å². The number of aromatic nitrogens is 2. The van der Waals surface area contributed by atoms with E-state index in [1.807, 2.05) is 6.07 Å². The second-order valence-corrected chi connectivity index (χ2v) is 4.17. The number of hydrogen-bond donors (Lipinski definition) is 0. The van der Waals surface area contributed by atoms with Crippen LogP contribution >= 0.6 is 11.6 Å². The first kappa shape index (κ1) is 9.85. The summed E-state index contributed by atoms with van der Waals surface area (Å²) in [5, 5.41) is 1.19. The summed E-state index contributed by atoms with van der Waals surface area (Å²) in [6, 6.07) is 4.02. The van der Waals surface area contributed by atoms with Crippen molar-refractivity contribution in [1.29, 1.82) is 0 Å². The fraction of sp³-hybridized carbons (Fsp3) is 0.333. The third-order valence-corrected chi connectivity index (χ3v) is 3.20. The van der Waals surface area contributed by atoms with Crippen LogP contribution in [0.25, 0.3) is 10.9 Å². The molecule has 0 aliphatic heterocycles. The summed E-state index contributed by atoms with van der Waals surface area (Å²) in [6.45, 7) is 0. The van der Waals surface area contributed by atoms with E-state index in [-0.39, 0.29) is 0 Å². The fourth-order valence-corrected chi connectivity index (χ4v) is 2.38. The zero-order valence-corrected chi connectivity index (χ0v) is 9.71. The minimum Gasteiger partial charge on any atom is -0.497 e. The van der Waals surface area contributed by atoms with Crippen molar-refractivity contribution in [3.8, 4) is 5.75 Å². The van der Waals surface area contributed by atoms with Gasteiger partial charge in [0.05, 0.1) is 24.2 Å². The molecule has 3 rings (SSSR count). The van der Waals surface area contributed by atoms with E-state index in [1.165, 1.54) is 10.9 Å². The Kier molecular flexibility index (Phi) is 2.21. The molecule has 1 aliphatic rings. The average Bonchev–Trinajstić information content (AvgIpc) is 2.73. The van der Waals surface area contributed by atoms with E-state index in [1.54, 1.807) is 7.11 Å². The first-order valence-electron chi connectivity index (χ1n) is 5.24. The van der Waals surface area contributed by atoms with Crippen molar-refractivity contribution in [1.82, 2.24) is 9.97 Å². The van der Waals surface area contributed by atoms with E-state index in [4.69, 9.17) is 16.3 Å². The molecule has 0 unspecified atom stereocenters. The number of nitrogens with zero attached hydrogens (tertiary/aromatic N) is 2. The molecule has 1 aromatic heterocycles. The van der Waals surface area contributed by atoms with Gasteiger partial charge in [-0.2, -0.15) is 0 Å². The molecule has 0 N–H and O–H groups in total. The van der Waals surface area contributed by atoms with Gasteiger partial charge >= 0.3 is 0 Å². The molecule has 0 spiro atoms. The molecule has 3 nitrogen and oxygen atoms in total. The second-order valence-electron chi connectivity index (χ2n) is 3.90. The van der Waals surface area contributed by atoms with Crippen molar-refractivity contribution < 1.29 is 4.74 Å². The highest BCUT2D eigenvalue weighted by Gasteiger charge is 2.18. The largest absolute Gasteiger partial charge is 0.497 e. The molecule has 1 aliphatic carbocycles. The minimum atomic E-state index is 0.357. The summed E-state index contributed by atoms with van der Waals surface area (Å²) in [6.07, 6.45) is 1.99. The number of ether oxygens (including phenoxy) is 1. The third kappa shape index (κ3) is 1.35. The molecule has 4 heteroatoms. The van der Waals surface area contributed by atoms with Crippen molar-refractivity contribution in [2.75, 3.05) is 7.11 Å². The molecule has 1 heterocycles. The van der Waals surface area contributed by atoms with Crippen LogP contribution in [0.5, 0.6) is 5.75 Å². The Morgan fingerprint density at radius 1 is 1.31 bits per heavy atom. The first-order chi connectivity index (χ1) is 7.81. The number of aryl methyl sites for hydroxylation is 2. The van der Waals surface area contributed by atoms with Gasteiger partial charge in [0, 0.05) is 11.5 Å². The highest BCUT2D eigenvalue weighted by atomic mass is 35.5. The monoisotopic (exact) mass is 234 g/mol. The van der Waals surface area contributed by atoms with Gasteiger partial charge in [-0.05, 0) is 24.5 Å². The maximum absolute atomic E-state index is 5.79. The van der Waals surface area contributed by atoms with Crippen LogP contribution in [0.1, 0.15) is 17.1 Å². The van der Waals surface area contributed by atoms with Crippen LogP contribution in [0.2, 0.25) is 0 Å². The summed E-state index contributed by atoms with van der Waals surface area (Å²) in [4.78, 5) is 8.90. The highest BCUT2D eigenvalue weighted by molar-refractivity contribution is 6.16. The van der Waals surface area contributed by atoms with Gasteiger partial charge in [0.15, 0.2) is 0 Å². The van der Waals surface area contributed by atoms with Crippen molar-refractivity contribution >= 4 is 22.5 Å². The van der Waals surface area contributed by atoms with Crippen molar-refractivity contribution in [2.45, 2.75) is 18.7 Å². The predicted octanol–water partition coefficient (Wildman–Crippen LogP) is 2.48. The van der Waals surface area contributed by atoms with Crippen LogP contribution in [0.4, 0.5) is 0 Å². The number of alkyl halides is 1. The Hall–Kier alpha value is -1.35. The third-order valence-electron chi connectivity index (χ3n) is 2.96. The number of methoxy groups -OCH3 is 1. The topological polar surface area (TPSA) is 35.0 Å². The second kappa shape index (κ2) is 3.59. The quantitative estimate of drug-likeness (QED) is 0.749. The zero-order valence-electron chi connectivity index (χ0n) is 8.96. The average molecular weight is 235 g/mol. The Labute approximate surface area is 98.4 Å². The lowest BCUT2D eigenvalue weighted by atomic mass is 10.1. The Morgan fingerprint density at radius 2 is 2.19 bits per heavy atom. The number of hydrogen-bond acceptors (Lipinski definition) is 3. The van der Waals surface area contributed by atoms with Gasteiger partial charge in [-0.15, -0.1) is 11.6 Å².